The molecule has 0 saturated heterocycles. The first kappa shape index (κ1) is 25.3. The van der Waals surface area contributed by atoms with Crippen molar-refractivity contribution in [3.63, 3.8) is 0 Å². The first-order valence-electron chi connectivity index (χ1n) is 10.3. The molecule has 0 aromatic heterocycles. The van der Waals surface area contributed by atoms with Crippen LogP contribution in [0.5, 0.6) is 0 Å². The predicted octanol–water partition coefficient (Wildman–Crippen LogP) is 3.75. The maximum absolute atomic E-state index is 11.7. The number of nitrogens with zero attached hydrogens (tertiary/aromatic N) is 3. The van der Waals surface area contributed by atoms with Crippen LogP contribution in [0.4, 0.5) is 0 Å². The van der Waals surface area contributed by atoms with Gasteiger partial charge in [0.1, 0.15) is 6.10 Å². The average Bonchev–Trinajstić information content (AvgIpc) is 2.79. The number of hydrogen-bond acceptors (Lipinski definition) is 7. The summed E-state index contributed by atoms with van der Waals surface area (Å²) >= 11 is 0. The van der Waals surface area contributed by atoms with E-state index in [4.69, 9.17) is 24.5 Å². The van der Waals surface area contributed by atoms with Crippen LogP contribution in [-0.4, -0.2) is 48.8 Å². The van der Waals surface area contributed by atoms with Crippen LogP contribution in [0.15, 0.2) is 65.8 Å². The lowest BCUT2D eigenvalue weighted by molar-refractivity contribution is -0.207. The van der Waals surface area contributed by atoms with E-state index in [1.165, 1.54) is 13.8 Å². The molecule has 9 heteroatoms. The summed E-state index contributed by atoms with van der Waals surface area (Å²) in [5.41, 5.74) is 10.5. The Labute approximate surface area is 187 Å². The Kier molecular flexibility index (Phi) is 11.2. The van der Waals surface area contributed by atoms with E-state index in [0.29, 0.717) is 13.2 Å². The summed E-state index contributed by atoms with van der Waals surface area (Å²) in [6.07, 6.45) is -3.12. The Morgan fingerprint density at radius 2 is 1.47 bits per heavy atom. The zero-order valence-corrected chi connectivity index (χ0v) is 18.2. The molecule has 0 radical (unpaired) electrons. The lowest BCUT2D eigenvalue weighted by atomic mass is 10.2. The second kappa shape index (κ2) is 14.2. The number of carbonyl (C=O) groups is 1. The van der Waals surface area contributed by atoms with Gasteiger partial charge in [0.05, 0.1) is 32.5 Å². The molecule has 0 aliphatic carbocycles. The van der Waals surface area contributed by atoms with Crippen molar-refractivity contribution in [2.45, 2.75) is 51.6 Å². The summed E-state index contributed by atoms with van der Waals surface area (Å²) < 4.78 is 22.6. The molecular weight excluding hydrogens is 414 g/mol. The van der Waals surface area contributed by atoms with Crippen LogP contribution in [0.25, 0.3) is 10.4 Å². The highest BCUT2D eigenvalue weighted by Gasteiger charge is 2.30. The molecule has 0 spiro atoms. The zero-order chi connectivity index (χ0) is 23.2. The first-order chi connectivity index (χ1) is 15.5. The van der Waals surface area contributed by atoms with E-state index in [1.54, 1.807) is 0 Å². The zero-order valence-electron chi connectivity index (χ0n) is 18.2. The topological polar surface area (TPSA) is 123 Å². The van der Waals surface area contributed by atoms with Gasteiger partial charge in [0, 0.05) is 11.8 Å². The van der Waals surface area contributed by atoms with Gasteiger partial charge in [0.15, 0.2) is 12.4 Å². The van der Waals surface area contributed by atoms with Crippen molar-refractivity contribution in [2.24, 2.45) is 5.11 Å². The molecule has 0 heterocycles. The van der Waals surface area contributed by atoms with Gasteiger partial charge in [-0.15, -0.1) is 0 Å². The highest BCUT2D eigenvalue weighted by atomic mass is 16.6. The van der Waals surface area contributed by atoms with Crippen molar-refractivity contribution in [3.05, 3.63) is 82.2 Å². The van der Waals surface area contributed by atoms with Gasteiger partial charge in [-0.3, -0.25) is 4.79 Å². The van der Waals surface area contributed by atoms with Gasteiger partial charge in [-0.25, -0.2) is 0 Å². The van der Waals surface area contributed by atoms with E-state index in [-0.39, 0.29) is 13.2 Å². The molecule has 2 rings (SSSR count). The molecule has 0 amide bonds. The fourth-order valence-electron chi connectivity index (χ4n) is 2.83. The minimum absolute atomic E-state index is 0.0155. The van der Waals surface area contributed by atoms with Gasteiger partial charge in [0.2, 0.25) is 0 Å². The lowest BCUT2D eigenvalue weighted by Gasteiger charge is -2.29. The highest BCUT2D eigenvalue weighted by molar-refractivity contribution is 5.66. The summed E-state index contributed by atoms with van der Waals surface area (Å²) in [6, 6.07) is 18.2. The van der Waals surface area contributed by atoms with Gasteiger partial charge in [0.25, 0.3) is 0 Å². The van der Waals surface area contributed by atoms with Gasteiger partial charge in [-0.2, -0.15) is 0 Å². The van der Waals surface area contributed by atoms with Crippen LogP contribution in [-0.2, 0) is 37.0 Å². The van der Waals surface area contributed by atoms with Crippen LogP contribution in [0.2, 0.25) is 0 Å². The molecule has 2 unspecified atom stereocenters. The smallest absolute Gasteiger partial charge is 0.303 e. The number of hydrogen-bond donors (Lipinski definition) is 1. The van der Waals surface area contributed by atoms with Crippen molar-refractivity contribution in [1.82, 2.24) is 0 Å². The third-order valence-corrected chi connectivity index (χ3v) is 4.48. The molecule has 0 bridgehead atoms. The molecule has 2 aromatic carbocycles. The second-order valence-corrected chi connectivity index (χ2v) is 7.16. The molecule has 172 valence electrons. The summed E-state index contributed by atoms with van der Waals surface area (Å²) in [7, 11) is 0. The Bertz CT molecular complexity index is 845. The van der Waals surface area contributed by atoms with Crippen LogP contribution in [0.3, 0.4) is 0 Å². The van der Waals surface area contributed by atoms with Crippen LogP contribution < -0.4 is 0 Å². The fourth-order valence-corrected chi connectivity index (χ4v) is 2.83. The number of carbonyl (C=O) groups excluding carboxylic acids is 1. The number of esters is 1. The Hall–Kier alpha value is -2.94. The number of aliphatic hydroxyl groups is 1. The van der Waals surface area contributed by atoms with Crippen molar-refractivity contribution >= 4 is 5.97 Å². The lowest BCUT2D eigenvalue weighted by Crippen LogP contribution is -2.44. The van der Waals surface area contributed by atoms with Gasteiger partial charge < -0.3 is 24.1 Å². The maximum atomic E-state index is 11.7. The van der Waals surface area contributed by atoms with E-state index in [0.717, 1.165) is 11.1 Å². The molecule has 0 fully saturated rings. The molecule has 9 nitrogen and oxygen atoms in total. The molecular formula is C23H29N3O6. The van der Waals surface area contributed by atoms with E-state index in [1.807, 2.05) is 60.7 Å². The molecule has 4 atom stereocenters. The molecule has 2 aromatic rings. The third-order valence-electron chi connectivity index (χ3n) is 4.48. The van der Waals surface area contributed by atoms with E-state index in [2.05, 4.69) is 10.0 Å². The molecule has 0 aliphatic heterocycles. The first-order valence-corrected chi connectivity index (χ1v) is 10.3. The monoisotopic (exact) mass is 443 g/mol. The predicted molar refractivity (Wildman–Crippen MR) is 117 cm³/mol. The standard InChI is InChI=1S/C23H29N3O6/c1-17(25-26-24)23(28)32-22(16-30-14-20-11-7-4-8-12-20)21(31-18(2)27)15-29-13-19-9-5-3-6-10-19/h3-12,17,21-23,28H,13-16H2,1-2H3/t17?,21-,22?,23+/m0/s1. The van der Waals surface area contributed by atoms with Gasteiger partial charge in [-0.1, -0.05) is 72.7 Å². The number of rotatable bonds is 14. The SMILES string of the molecule is CC(=O)O[C@@H](COCc1ccccc1)C(COCc1ccccc1)O[C@@H](O)C(C)N=[N+]=[N-]. The summed E-state index contributed by atoms with van der Waals surface area (Å²) in [5, 5.41) is 13.8. The fraction of sp³-hybridized carbons (Fsp3) is 0.435. The van der Waals surface area contributed by atoms with Crippen molar-refractivity contribution in [3.8, 4) is 0 Å². The molecule has 0 saturated carbocycles. The Morgan fingerprint density at radius 1 is 0.969 bits per heavy atom. The quantitative estimate of drug-likeness (QED) is 0.156. The number of azide groups is 1. The van der Waals surface area contributed by atoms with Gasteiger partial charge >= 0.3 is 5.97 Å². The maximum Gasteiger partial charge on any atom is 0.303 e. The van der Waals surface area contributed by atoms with Crippen LogP contribution in [0, 0.1) is 0 Å². The minimum Gasteiger partial charge on any atom is -0.457 e. The summed E-state index contributed by atoms with van der Waals surface area (Å²) in [4.78, 5) is 14.4. The third kappa shape index (κ3) is 9.47. The highest BCUT2D eigenvalue weighted by Crippen LogP contribution is 2.14. The molecule has 32 heavy (non-hydrogen) atoms. The number of aliphatic hydroxyl groups excluding tert-OH is 1. The molecule has 1 N–H and O–H groups in total. The second-order valence-electron chi connectivity index (χ2n) is 7.16. The normalized spacial score (nSPS) is 14.6. The summed E-state index contributed by atoms with van der Waals surface area (Å²) in [5.74, 6) is -0.521. The van der Waals surface area contributed by atoms with Gasteiger partial charge in [-0.05, 0) is 16.7 Å². The van der Waals surface area contributed by atoms with E-state index >= 15 is 0 Å². The summed E-state index contributed by atoms with van der Waals surface area (Å²) in [6.45, 7) is 3.45. The largest absolute Gasteiger partial charge is 0.457 e. The van der Waals surface area contributed by atoms with Crippen molar-refractivity contribution < 1.29 is 28.8 Å². The Morgan fingerprint density at radius 3 is 1.94 bits per heavy atom. The minimum atomic E-state index is -1.41. The molecule has 0 aliphatic rings. The van der Waals surface area contributed by atoms with E-state index < -0.39 is 30.5 Å². The van der Waals surface area contributed by atoms with E-state index in [9.17, 15) is 9.90 Å². The number of ether oxygens (including phenoxy) is 4. The average molecular weight is 444 g/mol. The van der Waals surface area contributed by atoms with Crippen LogP contribution >= 0.6 is 0 Å². The van der Waals surface area contributed by atoms with Crippen molar-refractivity contribution in [1.29, 1.82) is 0 Å². The van der Waals surface area contributed by atoms with Crippen LogP contribution in [0.1, 0.15) is 25.0 Å². The Balaban J connectivity index is 2.06. The van der Waals surface area contributed by atoms with Crippen molar-refractivity contribution in [2.75, 3.05) is 13.2 Å². The number of benzene rings is 2.